The molecule has 1 fully saturated rings. The summed E-state index contributed by atoms with van der Waals surface area (Å²) in [5.74, 6) is 1.18. The highest BCUT2D eigenvalue weighted by Crippen LogP contribution is 2.26. The second kappa shape index (κ2) is 5.31. The Morgan fingerprint density at radius 3 is 3.24 bits per heavy atom. The zero-order chi connectivity index (χ0) is 12.3. The number of carbonyl (C=O) groups excluding carboxylic acids is 1. The fraction of sp³-hybridized carbons (Fsp3) is 0.667. The van der Waals surface area contributed by atoms with Gasteiger partial charge in [-0.1, -0.05) is 6.92 Å². The lowest BCUT2D eigenvalue weighted by atomic mass is 9.91. The Morgan fingerprint density at radius 1 is 1.71 bits per heavy atom. The molecule has 1 aromatic rings. The highest BCUT2D eigenvalue weighted by atomic mass is 16.1. The quantitative estimate of drug-likeness (QED) is 0.804. The number of nitrogens with one attached hydrogen (secondary N) is 1. The van der Waals surface area contributed by atoms with E-state index in [1.807, 2.05) is 12.4 Å². The number of rotatable bonds is 4. The number of hydrogen-bond acceptors (Lipinski definition) is 3. The van der Waals surface area contributed by atoms with Crippen molar-refractivity contribution < 1.29 is 4.79 Å². The van der Waals surface area contributed by atoms with E-state index >= 15 is 0 Å². The van der Waals surface area contributed by atoms with E-state index in [4.69, 9.17) is 5.73 Å². The second-order valence-corrected chi connectivity index (χ2v) is 4.61. The summed E-state index contributed by atoms with van der Waals surface area (Å²) in [4.78, 5) is 15.6. The largest absolute Gasteiger partial charge is 0.368 e. The molecule has 1 aromatic heterocycles. The number of carbonyl (C=O) groups is 1. The number of imidazole rings is 1. The van der Waals surface area contributed by atoms with E-state index in [0.29, 0.717) is 5.92 Å². The van der Waals surface area contributed by atoms with Crippen LogP contribution in [0.1, 0.15) is 37.9 Å². The van der Waals surface area contributed by atoms with Gasteiger partial charge in [0.1, 0.15) is 5.82 Å². The first kappa shape index (κ1) is 12.1. The third-order valence-electron chi connectivity index (χ3n) is 3.32. The first-order chi connectivity index (χ1) is 8.22. The monoisotopic (exact) mass is 236 g/mol. The predicted molar refractivity (Wildman–Crippen MR) is 65.5 cm³/mol. The van der Waals surface area contributed by atoms with Crippen molar-refractivity contribution in [2.45, 2.75) is 44.7 Å². The van der Waals surface area contributed by atoms with Crippen molar-refractivity contribution in [3.8, 4) is 0 Å². The van der Waals surface area contributed by atoms with E-state index in [1.165, 1.54) is 0 Å². The fourth-order valence-corrected chi connectivity index (χ4v) is 2.48. The van der Waals surface area contributed by atoms with Gasteiger partial charge in [-0.3, -0.25) is 4.79 Å². The van der Waals surface area contributed by atoms with E-state index in [9.17, 15) is 4.79 Å². The van der Waals surface area contributed by atoms with Crippen molar-refractivity contribution in [2.24, 2.45) is 5.73 Å². The molecule has 94 valence electrons. The summed E-state index contributed by atoms with van der Waals surface area (Å²) >= 11 is 0. The van der Waals surface area contributed by atoms with Gasteiger partial charge in [0.15, 0.2) is 0 Å². The molecule has 1 aliphatic rings. The van der Waals surface area contributed by atoms with Gasteiger partial charge in [0.2, 0.25) is 5.91 Å². The normalized spacial score (nSPS) is 24.8. The Labute approximate surface area is 101 Å². The van der Waals surface area contributed by atoms with Crippen molar-refractivity contribution in [3.63, 3.8) is 0 Å². The van der Waals surface area contributed by atoms with Crippen molar-refractivity contribution in [1.82, 2.24) is 14.9 Å². The van der Waals surface area contributed by atoms with E-state index in [-0.39, 0.29) is 11.9 Å². The van der Waals surface area contributed by atoms with E-state index in [0.717, 1.165) is 38.2 Å². The summed E-state index contributed by atoms with van der Waals surface area (Å²) in [6.07, 6.45) is 6.72. The number of aromatic nitrogens is 2. The summed E-state index contributed by atoms with van der Waals surface area (Å²) in [7, 11) is 0. The van der Waals surface area contributed by atoms with Gasteiger partial charge in [-0.05, 0) is 25.8 Å². The molecule has 0 saturated carbocycles. The van der Waals surface area contributed by atoms with Gasteiger partial charge in [0.25, 0.3) is 0 Å². The van der Waals surface area contributed by atoms with Crippen LogP contribution in [0.15, 0.2) is 12.4 Å². The average Bonchev–Trinajstić information content (AvgIpc) is 2.78. The molecule has 0 spiro atoms. The lowest BCUT2D eigenvalue weighted by Gasteiger charge is -2.28. The number of piperidine rings is 1. The number of amides is 1. The van der Waals surface area contributed by atoms with Crippen LogP contribution < -0.4 is 11.1 Å². The maximum atomic E-state index is 11.2. The van der Waals surface area contributed by atoms with Crippen LogP contribution in [0.25, 0.3) is 0 Å². The maximum Gasteiger partial charge on any atom is 0.234 e. The maximum absolute atomic E-state index is 11.2. The molecule has 5 heteroatoms. The Hall–Kier alpha value is -1.36. The van der Waals surface area contributed by atoms with Gasteiger partial charge < -0.3 is 15.6 Å². The minimum Gasteiger partial charge on any atom is -0.368 e. The molecule has 1 aliphatic heterocycles. The molecular formula is C12H20N4O. The number of aryl methyl sites for hydroxylation is 1. The molecule has 0 aromatic carbocycles. The van der Waals surface area contributed by atoms with Crippen molar-refractivity contribution in [3.05, 3.63) is 18.2 Å². The highest BCUT2D eigenvalue weighted by Gasteiger charge is 2.28. The molecule has 2 atom stereocenters. The molecule has 2 unspecified atom stereocenters. The van der Waals surface area contributed by atoms with Gasteiger partial charge >= 0.3 is 0 Å². The Morgan fingerprint density at radius 2 is 2.53 bits per heavy atom. The lowest BCUT2D eigenvalue weighted by Crippen LogP contribution is -2.46. The van der Waals surface area contributed by atoms with Gasteiger partial charge in [-0.15, -0.1) is 0 Å². The fourth-order valence-electron chi connectivity index (χ4n) is 2.48. The first-order valence-electron chi connectivity index (χ1n) is 6.26. The molecule has 1 saturated heterocycles. The van der Waals surface area contributed by atoms with Gasteiger partial charge in [0.05, 0.1) is 6.04 Å². The zero-order valence-corrected chi connectivity index (χ0v) is 10.2. The molecule has 2 heterocycles. The molecule has 3 N–H and O–H groups in total. The molecule has 0 aliphatic carbocycles. The van der Waals surface area contributed by atoms with Crippen LogP contribution in [-0.2, 0) is 11.3 Å². The highest BCUT2D eigenvalue weighted by molar-refractivity contribution is 5.80. The van der Waals surface area contributed by atoms with Crippen molar-refractivity contribution in [2.75, 3.05) is 6.54 Å². The van der Waals surface area contributed by atoms with Crippen LogP contribution in [0.4, 0.5) is 0 Å². The minimum absolute atomic E-state index is 0.208. The molecule has 2 rings (SSSR count). The lowest BCUT2D eigenvalue weighted by molar-refractivity contribution is -0.120. The summed E-state index contributed by atoms with van der Waals surface area (Å²) in [5, 5.41) is 3.15. The van der Waals surface area contributed by atoms with Crippen molar-refractivity contribution >= 4 is 5.91 Å². The van der Waals surface area contributed by atoms with Gasteiger partial charge in [-0.25, -0.2) is 4.98 Å². The third-order valence-corrected chi connectivity index (χ3v) is 3.32. The smallest absolute Gasteiger partial charge is 0.234 e. The summed E-state index contributed by atoms with van der Waals surface area (Å²) in [5.41, 5.74) is 5.35. The number of primary amides is 1. The van der Waals surface area contributed by atoms with E-state index < -0.39 is 0 Å². The van der Waals surface area contributed by atoms with Gasteiger partial charge in [-0.2, -0.15) is 0 Å². The Kier molecular flexibility index (Phi) is 3.78. The molecule has 0 bridgehead atoms. The van der Waals surface area contributed by atoms with E-state index in [1.54, 1.807) is 0 Å². The van der Waals surface area contributed by atoms with Crippen molar-refractivity contribution in [1.29, 1.82) is 0 Å². The average molecular weight is 236 g/mol. The molecule has 0 radical (unpaired) electrons. The first-order valence-corrected chi connectivity index (χ1v) is 6.26. The predicted octanol–water partition coefficient (Wildman–Crippen LogP) is 0.614. The van der Waals surface area contributed by atoms with Crippen LogP contribution in [0.3, 0.4) is 0 Å². The Bertz CT molecular complexity index is 388. The minimum atomic E-state index is -0.261. The van der Waals surface area contributed by atoms with Crippen LogP contribution in [0.5, 0.6) is 0 Å². The summed E-state index contributed by atoms with van der Waals surface area (Å²) < 4.78 is 2.19. The second-order valence-electron chi connectivity index (χ2n) is 4.61. The zero-order valence-electron chi connectivity index (χ0n) is 10.2. The molecular weight excluding hydrogens is 216 g/mol. The summed E-state index contributed by atoms with van der Waals surface area (Å²) in [6, 6.07) is -0.208. The van der Waals surface area contributed by atoms with Crippen LogP contribution in [0.2, 0.25) is 0 Å². The SMILES string of the molecule is CCCn1ccnc1C1CCNC(C(N)=O)C1. The number of nitrogens with zero attached hydrogens (tertiary/aromatic N) is 2. The van der Waals surface area contributed by atoms with Crippen LogP contribution >= 0.6 is 0 Å². The molecule has 5 nitrogen and oxygen atoms in total. The van der Waals surface area contributed by atoms with Crippen LogP contribution in [-0.4, -0.2) is 28.0 Å². The standard InChI is InChI=1S/C12H20N4O/c1-2-6-16-7-5-15-12(16)9-3-4-14-10(8-9)11(13)17/h5,7,9-10,14H,2-4,6,8H2,1H3,(H2,13,17). The van der Waals surface area contributed by atoms with Gasteiger partial charge in [0, 0.05) is 24.9 Å². The summed E-state index contributed by atoms with van der Waals surface area (Å²) in [6.45, 7) is 3.97. The van der Waals surface area contributed by atoms with E-state index in [2.05, 4.69) is 21.8 Å². The van der Waals surface area contributed by atoms with Crippen LogP contribution in [0, 0.1) is 0 Å². The molecule has 17 heavy (non-hydrogen) atoms. The Balaban J connectivity index is 2.10. The third kappa shape index (κ3) is 2.66. The molecule has 1 amide bonds. The number of hydrogen-bond donors (Lipinski definition) is 2. The number of nitrogens with two attached hydrogens (primary N) is 1. The topological polar surface area (TPSA) is 72.9 Å².